The maximum absolute atomic E-state index is 9.56. The number of aryl methyl sites for hydroxylation is 1. The van der Waals surface area contributed by atoms with Crippen LogP contribution in [0.4, 0.5) is 11.4 Å². The predicted molar refractivity (Wildman–Crippen MR) is 139 cm³/mol. The van der Waals surface area contributed by atoms with Gasteiger partial charge in [0.2, 0.25) is 0 Å². The molecule has 2 saturated heterocycles. The molecule has 2 atom stereocenters. The third-order valence-electron chi connectivity index (χ3n) is 6.86. The molecule has 0 N–H and O–H groups in total. The van der Waals surface area contributed by atoms with Crippen molar-refractivity contribution in [1.29, 1.82) is 5.26 Å². The number of benzene rings is 1. The third kappa shape index (κ3) is 4.72. The van der Waals surface area contributed by atoms with Crippen LogP contribution in [-0.4, -0.2) is 80.7 Å². The van der Waals surface area contributed by atoms with Gasteiger partial charge in [0.25, 0.3) is 0 Å². The Hall–Kier alpha value is -3.15. The lowest BCUT2D eigenvalue weighted by molar-refractivity contribution is -0.0327. The zero-order chi connectivity index (χ0) is 23.7. The molecule has 0 spiro atoms. The fraction of sp³-hybridized carbons (Fsp3) is 0.423. The van der Waals surface area contributed by atoms with E-state index in [-0.39, 0.29) is 12.2 Å². The SMILES string of the molecule is Bc1ccc2c(N3CC(C)OC(CN4CCN(c5ccc(C)nc5)CC4)C3)ccc(C#N)c2n1. The maximum Gasteiger partial charge on any atom is 0.163 e. The zero-order valence-corrected chi connectivity index (χ0v) is 20.2. The Morgan fingerprint density at radius 3 is 2.62 bits per heavy atom. The highest BCUT2D eigenvalue weighted by molar-refractivity contribution is 6.31. The van der Waals surface area contributed by atoms with E-state index < -0.39 is 0 Å². The standard InChI is InChI=1S/C26H31BN6O/c1-18-3-5-21(14-29-18)32-11-9-31(10-12-32)16-22-17-33(15-19(2)34-22)24-7-4-20(13-28)26-23(24)6-8-25(27)30-26/h3-8,14,19,22H,9-12,15-17,27H2,1-2H3. The smallest absolute Gasteiger partial charge is 0.163 e. The van der Waals surface area contributed by atoms with Gasteiger partial charge in [0.05, 0.1) is 35.2 Å². The lowest BCUT2D eigenvalue weighted by Crippen LogP contribution is -2.54. The summed E-state index contributed by atoms with van der Waals surface area (Å²) in [6, 6.07) is 14.6. The second-order valence-corrected chi connectivity index (χ2v) is 9.51. The van der Waals surface area contributed by atoms with Gasteiger partial charge in [-0.1, -0.05) is 6.07 Å². The second kappa shape index (κ2) is 9.61. The molecule has 4 heterocycles. The molecule has 8 heteroatoms. The Labute approximate surface area is 202 Å². The van der Waals surface area contributed by atoms with E-state index in [0.29, 0.717) is 5.56 Å². The second-order valence-electron chi connectivity index (χ2n) is 9.51. The Morgan fingerprint density at radius 2 is 1.88 bits per heavy atom. The summed E-state index contributed by atoms with van der Waals surface area (Å²) < 4.78 is 6.37. The monoisotopic (exact) mass is 454 g/mol. The normalized spacial score (nSPS) is 21.6. The number of nitriles is 1. The Bertz CT molecular complexity index is 1200. The molecule has 2 aromatic heterocycles. The van der Waals surface area contributed by atoms with Crippen LogP contribution < -0.4 is 15.4 Å². The summed E-state index contributed by atoms with van der Waals surface area (Å²) in [6.07, 6.45) is 2.26. The average molecular weight is 454 g/mol. The van der Waals surface area contributed by atoms with Crippen molar-refractivity contribution in [3.63, 3.8) is 0 Å². The molecular weight excluding hydrogens is 423 g/mol. The van der Waals surface area contributed by atoms with Crippen molar-refractivity contribution >= 4 is 35.7 Å². The lowest BCUT2D eigenvalue weighted by Gasteiger charge is -2.42. The van der Waals surface area contributed by atoms with Gasteiger partial charge in [-0.15, -0.1) is 0 Å². The number of morpholine rings is 1. The van der Waals surface area contributed by atoms with Crippen LogP contribution in [-0.2, 0) is 4.74 Å². The van der Waals surface area contributed by atoms with Crippen molar-refractivity contribution in [2.75, 3.05) is 55.6 Å². The van der Waals surface area contributed by atoms with Crippen LogP contribution in [0, 0.1) is 18.3 Å². The summed E-state index contributed by atoms with van der Waals surface area (Å²) in [5.74, 6) is 0. The number of piperazine rings is 1. The molecule has 2 unspecified atom stereocenters. The molecule has 34 heavy (non-hydrogen) atoms. The van der Waals surface area contributed by atoms with Crippen LogP contribution in [0.5, 0.6) is 0 Å². The molecule has 0 radical (unpaired) electrons. The minimum absolute atomic E-state index is 0.139. The van der Waals surface area contributed by atoms with Gasteiger partial charge in [-0.2, -0.15) is 5.26 Å². The van der Waals surface area contributed by atoms with Crippen LogP contribution in [0.25, 0.3) is 10.9 Å². The first-order valence-electron chi connectivity index (χ1n) is 12.1. The topological polar surface area (TPSA) is 68.5 Å². The fourth-order valence-electron chi connectivity index (χ4n) is 5.13. The summed E-state index contributed by atoms with van der Waals surface area (Å²) in [5, 5.41) is 10.6. The van der Waals surface area contributed by atoms with E-state index in [2.05, 4.69) is 61.9 Å². The lowest BCUT2D eigenvalue weighted by atomic mass is 10.00. The van der Waals surface area contributed by atoms with Crippen LogP contribution in [0.2, 0.25) is 0 Å². The maximum atomic E-state index is 9.56. The summed E-state index contributed by atoms with van der Waals surface area (Å²) in [5.41, 5.74) is 5.74. The third-order valence-corrected chi connectivity index (χ3v) is 6.86. The van der Waals surface area contributed by atoms with Crippen molar-refractivity contribution < 1.29 is 4.74 Å². The van der Waals surface area contributed by atoms with Gasteiger partial charge in [0.1, 0.15) is 6.07 Å². The van der Waals surface area contributed by atoms with Gasteiger partial charge in [-0.05, 0) is 49.8 Å². The molecule has 174 valence electrons. The number of hydrogen-bond acceptors (Lipinski definition) is 7. The number of nitrogens with zero attached hydrogens (tertiary/aromatic N) is 6. The molecule has 1 aromatic carbocycles. The number of fused-ring (bicyclic) bond motifs is 1. The van der Waals surface area contributed by atoms with Gasteiger partial charge in [0.15, 0.2) is 7.85 Å². The molecule has 0 saturated carbocycles. The van der Waals surface area contributed by atoms with Crippen molar-refractivity contribution in [2.24, 2.45) is 0 Å². The Balaban J connectivity index is 1.27. The molecule has 0 amide bonds. The predicted octanol–water partition coefficient (Wildman–Crippen LogP) is 1.48. The van der Waals surface area contributed by atoms with Gasteiger partial charge >= 0.3 is 0 Å². The van der Waals surface area contributed by atoms with E-state index >= 15 is 0 Å². The minimum atomic E-state index is 0.139. The van der Waals surface area contributed by atoms with Crippen molar-refractivity contribution in [2.45, 2.75) is 26.1 Å². The van der Waals surface area contributed by atoms with Gasteiger partial charge in [-0.25, -0.2) is 0 Å². The van der Waals surface area contributed by atoms with Gasteiger partial charge in [0, 0.05) is 62.6 Å². The average Bonchev–Trinajstić information content (AvgIpc) is 2.84. The molecule has 7 nitrogen and oxygen atoms in total. The summed E-state index contributed by atoms with van der Waals surface area (Å²) >= 11 is 0. The van der Waals surface area contributed by atoms with E-state index in [0.717, 1.165) is 73.7 Å². The van der Waals surface area contributed by atoms with Crippen molar-refractivity contribution in [3.05, 3.63) is 53.9 Å². The number of anilines is 2. The molecule has 5 rings (SSSR count). The van der Waals surface area contributed by atoms with E-state index in [4.69, 9.17) is 4.74 Å². The number of hydrogen-bond donors (Lipinski definition) is 0. The highest BCUT2D eigenvalue weighted by Gasteiger charge is 2.29. The molecular formula is C26H31BN6O. The highest BCUT2D eigenvalue weighted by Crippen LogP contribution is 2.30. The number of pyridine rings is 2. The van der Waals surface area contributed by atoms with E-state index in [1.54, 1.807) is 0 Å². The summed E-state index contributed by atoms with van der Waals surface area (Å²) in [4.78, 5) is 16.5. The number of aromatic nitrogens is 2. The molecule has 2 aliphatic rings. The first-order chi connectivity index (χ1) is 16.5. The van der Waals surface area contributed by atoms with E-state index in [1.165, 1.54) is 5.69 Å². The fourth-order valence-corrected chi connectivity index (χ4v) is 5.13. The van der Waals surface area contributed by atoms with Crippen LogP contribution in [0.15, 0.2) is 42.6 Å². The minimum Gasteiger partial charge on any atom is -0.370 e. The van der Waals surface area contributed by atoms with Gasteiger partial charge < -0.3 is 14.5 Å². The van der Waals surface area contributed by atoms with Crippen LogP contribution in [0.1, 0.15) is 18.2 Å². The van der Waals surface area contributed by atoms with E-state index in [9.17, 15) is 5.26 Å². The Kier molecular flexibility index (Phi) is 6.40. The zero-order valence-electron chi connectivity index (χ0n) is 20.2. The van der Waals surface area contributed by atoms with Crippen LogP contribution >= 0.6 is 0 Å². The summed E-state index contributed by atoms with van der Waals surface area (Å²) in [7, 11) is 1.97. The molecule has 2 aliphatic heterocycles. The number of ether oxygens (including phenoxy) is 1. The molecule has 3 aromatic rings. The van der Waals surface area contributed by atoms with Crippen molar-refractivity contribution in [1.82, 2.24) is 14.9 Å². The first-order valence-corrected chi connectivity index (χ1v) is 12.1. The van der Waals surface area contributed by atoms with Crippen molar-refractivity contribution in [3.8, 4) is 6.07 Å². The molecule has 2 fully saturated rings. The quantitative estimate of drug-likeness (QED) is 0.554. The molecule has 0 aliphatic carbocycles. The highest BCUT2D eigenvalue weighted by atomic mass is 16.5. The first kappa shape index (κ1) is 22.6. The van der Waals surface area contributed by atoms with Crippen LogP contribution in [0.3, 0.4) is 0 Å². The Morgan fingerprint density at radius 1 is 1.06 bits per heavy atom. The number of rotatable bonds is 4. The van der Waals surface area contributed by atoms with Gasteiger partial charge in [-0.3, -0.25) is 14.9 Å². The summed E-state index contributed by atoms with van der Waals surface area (Å²) in [6.45, 7) is 10.8. The molecule has 0 bridgehead atoms. The largest absolute Gasteiger partial charge is 0.370 e. The van der Waals surface area contributed by atoms with E-state index in [1.807, 2.05) is 33.1 Å².